The Labute approximate surface area is 119 Å². The summed E-state index contributed by atoms with van der Waals surface area (Å²) in [6.07, 6.45) is 6.01. The number of aryl methyl sites for hydroxylation is 2. The number of thiophene rings is 1. The quantitative estimate of drug-likeness (QED) is 0.862. The van der Waals surface area contributed by atoms with Gasteiger partial charge in [-0.25, -0.2) is 0 Å². The van der Waals surface area contributed by atoms with Gasteiger partial charge in [-0.05, 0) is 51.2 Å². The minimum absolute atomic E-state index is 0.0228. The fraction of sp³-hybridized carbons (Fsp3) is 0.667. The molecule has 0 atom stereocenters. The van der Waals surface area contributed by atoms with Crippen LogP contribution < -0.4 is 0 Å². The SMILES string of the molecule is CC(C)N(CCO)C(=O)c1cc2c(s1)CCCCC2. The van der Waals surface area contributed by atoms with E-state index in [0.29, 0.717) is 6.54 Å². The van der Waals surface area contributed by atoms with Gasteiger partial charge >= 0.3 is 0 Å². The van der Waals surface area contributed by atoms with E-state index in [0.717, 1.165) is 17.7 Å². The van der Waals surface area contributed by atoms with Crippen molar-refractivity contribution >= 4 is 17.2 Å². The van der Waals surface area contributed by atoms with Crippen molar-refractivity contribution < 1.29 is 9.90 Å². The molecule has 1 aromatic heterocycles. The monoisotopic (exact) mass is 281 g/mol. The molecule has 0 spiro atoms. The van der Waals surface area contributed by atoms with Crippen LogP contribution in [0, 0.1) is 0 Å². The summed E-state index contributed by atoms with van der Waals surface area (Å²) in [6, 6.07) is 2.21. The van der Waals surface area contributed by atoms with Gasteiger partial charge in [-0.15, -0.1) is 11.3 Å². The van der Waals surface area contributed by atoms with Crippen molar-refractivity contribution in [3.8, 4) is 0 Å². The Morgan fingerprint density at radius 2 is 2.11 bits per heavy atom. The van der Waals surface area contributed by atoms with Gasteiger partial charge in [0.15, 0.2) is 0 Å². The maximum atomic E-state index is 12.5. The summed E-state index contributed by atoms with van der Waals surface area (Å²) in [6.45, 7) is 4.42. The maximum absolute atomic E-state index is 12.5. The van der Waals surface area contributed by atoms with Gasteiger partial charge in [0.1, 0.15) is 0 Å². The highest BCUT2D eigenvalue weighted by Crippen LogP contribution is 2.29. The maximum Gasteiger partial charge on any atom is 0.264 e. The van der Waals surface area contributed by atoms with Gasteiger partial charge in [0, 0.05) is 17.5 Å². The molecular formula is C15H23NO2S. The van der Waals surface area contributed by atoms with E-state index >= 15 is 0 Å². The second kappa shape index (κ2) is 6.53. The first kappa shape index (κ1) is 14.5. The van der Waals surface area contributed by atoms with Crippen LogP contribution in [0.3, 0.4) is 0 Å². The molecule has 4 heteroatoms. The summed E-state index contributed by atoms with van der Waals surface area (Å²) in [5.74, 6) is 0.0714. The molecule has 1 heterocycles. The zero-order valence-corrected chi connectivity index (χ0v) is 12.6. The van der Waals surface area contributed by atoms with E-state index in [2.05, 4.69) is 6.07 Å². The van der Waals surface area contributed by atoms with Crippen LogP contribution >= 0.6 is 11.3 Å². The van der Waals surface area contributed by atoms with E-state index in [1.165, 1.54) is 29.7 Å². The molecule has 0 saturated carbocycles. The van der Waals surface area contributed by atoms with Crippen LogP contribution in [0.25, 0.3) is 0 Å². The van der Waals surface area contributed by atoms with Gasteiger partial charge in [0.05, 0.1) is 11.5 Å². The van der Waals surface area contributed by atoms with Gasteiger partial charge < -0.3 is 10.0 Å². The molecule has 1 aromatic rings. The zero-order valence-electron chi connectivity index (χ0n) is 11.8. The van der Waals surface area contributed by atoms with Gasteiger partial charge in [-0.2, -0.15) is 0 Å². The number of hydrogen-bond acceptors (Lipinski definition) is 3. The van der Waals surface area contributed by atoms with Crippen molar-refractivity contribution in [2.24, 2.45) is 0 Å². The predicted molar refractivity (Wildman–Crippen MR) is 78.8 cm³/mol. The summed E-state index contributed by atoms with van der Waals surface area (Å²) in [5.41, 5.74) is 1.37. The van der Waals surface area contributed by atoms with Crippen LogP contribution in [0.4, 0.5) is 0 Å². The Morgan fingerprint density at radius 3 is 2.79 bits per heavy atom. The fourth-order valence-electron chi connectivity index (χ4n) is 2.62. The minimum atomic E-state index is 0.0228. The van der Waals surface area contributed by atoms with Crippen LogP contribution in [0.5, 0.6) is 0 Å². The molecule has 0 saturated heterocycles. The highest BCUT2D eigenvalue weighted by molar-refractivity contribution is 7.14. The molecule has 0 aliphatic heterocycles. The third-order valence-corrected chi connectivity index (χ3v) is 4.91. The number of aliphatic hydroxyl groups excluding tert-OH is 1. The second-order valence-corrected chi connectivity index (χ2v) is 6.57. The van der Waals surface area contributed by atoms with Gasteiger partial charge in [0.2, 0.25) is 0 Å². The van der Waals surface area contributed by atoms with Crippen LogP contribution in [-0.4, -0.2) is 35.1 Å². The van der Waals surface area contributed by atoms with Gasteiger partial charge in [-0.1, -0.05) is 6.42 Å². The largest absolute Gasteiger partial charge is 0.395 e. The van der Waals surface area contributed by atoms with Crippen LogP contribution in [0.15, 0.2) is 6.07 Å². The van der Waals surface area contributed by atoms with Crippen molar-refractivity contribution in [1.29, 1.82) is 0 Å². The first-order valence-corrected chi connectivity index (χ1v) is 7.98. The molecule has 2 rings (SSSR count). The topological polar surface area (TPSA) is 40.5 Å². The summed E-state index contributed by atoms with van der Waals surface area (Å²) in [5, 5.41) is 9.09. The molecule has 1 amide bonds. The van der Waals surface area contributed by atoms with E-state index in [9.17, 15) is 4.79 Å². The molecule has 0 unspecified atom stereocenters. The summed E-state index contributed by atoms with van der Waals surface area (Å²) >= 11 is 1.66. The van der Waals surface area contributed by atoms with E-state index in [1.54, 1.807) is 16.2 Å². The average molecular weight is 281 g/mol. The summed E-state index contributed by atoms with van der Waals surface area (Å²) in [7, 11) is 0. The first-order chi connectivity index (χ1) is 9.13. The number of hydrogen-bond donors (Lipinski definition) is 1. The van der Waals surface area contributed by atoms with E-state index in [1.807, 2.05) is 13.8 Å². The molecule has 1 aliphatic carbocycles. The molecule has 1 N–H and O–H groups in total. The van der Waals surface area contributed by atoms with Crippen LogP contribution in [-0.2, 0) is 12.8 Å². The summed E-state index contributed by atoms with van der Waals surface area (Å²) < 4.78 is 0. The normalized spacial score (nSPS) is 15.2. The Balaban J connectivity index is 2.19. The highest BCUT2D eigenvalue weighted by atomic mass is 32.1. The van der Waals surface area contributed by atoms with E-state index in [-0.39, 0.29) is 18.6 Å². The molecule has 0 fully saturated rings. The smallest absolute Gasteiger partial charge is 0.264 e. The van der Waals surface area contributed by atoms with Crippen molar-refractivity contribution in [2.45, 2.75) is 52.0 Å². The Bertz CT molecular complexity index is 416. The van der Waals surface area contributed by atoms with Crippen molar-refractivity contribution in [3.05, 3.63) is 21.4 Å². The first-order valence-electron chi connectivity index (χ1n) is 7.17. The van der Waals surface area contributed by atoms with Crippen LogP contribution in [0.1, 0.15) is 53.2 Å². The molecule has 1 aliphatic rings. The molecule has 0 radical (unpaired) electrons. The third-order valence-electron chi connectivity index (χ3n) is 3.68. The number of fused-ring (bicyclic) bond motifs is 1. The van der Waals surface area contributed by atoms with Crippen molar-refractivity contribution in [2.75, 3.05) is 13.2 Å². The lowest BCUT2D eigenvalue weighted by molar-refractivity contribution is 0.0670. The number of rotatable bonds is 4. The lowest BCUT2D eigenvalue weighted by Gasteiger charge is -2.25. The molecule has 0 aromatic carbocycles. The molecule has 106 valence electrons. The number of nitrogens with zero attached hydrogens (tertiary/aromatic N) is 1. The number of carbonyl (C=O) groups is 1. The lowest BCUT2D eigenvalue weighted by atomic mass is 10.1. The molecule has 19 heavy (non-hydrogen) atoms. The van der Waals surface area contributed by atoms with Crippen LogP contribution in [0.2, 0.25) is 0 Å². The second-order valence-electron chi connectivity index (χ2n) is 5.44. The standard InChI is InChI=1S/C15H23NO2S/c1-11(2)16(8-9-17)15(18)14-10-12-6-4-3-5-7-13(12)19-14/h10-11,17H,3-9H2,1-2H3. The number of amides is 1. The highest BCUT2D eigenvalue weighted by Gasteiger charge is 2.22. The third kappa shape index (κ3) is 3.37. The van der Waals surface area contributed by atoms with Gasteiger partial charge in [-0.3, -0.25) is 4.79 Å². The van der Waals surface area contributed by atoms with E-state index in [4.69, 9.17) is 5.11 Å². The fourth-order valence-corrected chi connectivity index (χ4v) is 3.83. The average Bonchev–Trinajstić information content (AvgIpc) is 2.66. The predicted octanol–water partition coefficient (Wildman–Crippen LogP) is 2.86. The van der Waals surface area contributed by atoms with Crippen molar-refractivity contribution in [3.63, 3.8) is 0 Å². The molecule has 3 nitrogen and oxygen atoms in total. The molecule has 0 bridgehead atoms. The Morgan fingerprint density at radius 1 is 1.37 bits per heavy atom. The van der Waals surface area contributed by atoms with Gasteiger partial charge in [0.25, 0.3) is 5.91 Å². The molecular weight excluding hydrogens is 258 g/mol. The number of aliphatic hydroxyl groups is 1. The zero-order chi connectivity index (χ0) is 13.8. The lowest BCUT2D eigenvalue weighted by Crippen LogP contribution is -2.38. The van der Waals surface area contributed by atoms with E-state index < -0.39 is 0 Å². The minimum Gasteiger partial charge on any atom is -0.395 e. The Hall–Kier alpha value is -0.870. The Kier molecular flexibility index (Phi) is 4.99. The number of carbonyl (C=O) groups excluding carboxylic acids is 1. The van der Waals surface area contributed by atoms with Crippen molar-refractivity contribution in [1.82, 2.24) is 4.90 Å². The summed E-state index contributed by atoms with van der Waals surface area (Å²) in [4.78, 5) is 16.5.